The number of rotatable bonds is 1. The van der Waals surface area contributed by atoms with Gasteiger partial charge in [-0.2, -0.15) is 0 Å². The van der Waals surface area contributed by atoms with Crippen molar-refractivity contribution in [1.29, 1.82) is 0 Å². The van der Waals surface area contributed by atoms with E-state index >= 15 is 0 Å². The fourth-order valence-electron chi connectivity index (χ4n) is 3.00. The molecule has 1 N–H and O–H groups in total. The van der Waals surface area contributed by atoms with Crippen LogP contribution in [-0.4, -0.2) is 17.5 Å². The third-order valence-corrected chi connectivity index (χ3v) is 5.49. The Bertz CT molecular complexity index is 545. The molecule has 114 valence electrons. The predicted octanol–water partition coefficient (Wildman–Crippen LogP) is 4.57. The van der Waals surface area contributed by atoms with Crippen molar-refractivity contribution in [2.24, 2.45) is 10.4 Å². The lowest BCUT2D eigenvalue weighted by Gasteiger charge is -2.38. The van der Waals surface area contributed by atoms with E-state index in [1.165, 1.54) is 43.9 Å². The van der Waals surface area contributed by atoms with E-state index in [4.69, 9.17) is 0 Å². The summed E-state index contributed by atoms with van der Waals surface area (Å²) in [5, 5.41) is 3.17. The molecule has 0 atom stereocenters. The Morgan fingerprint density at radius 3 is 2.29 bits per heavy atom. The lowest BCUT2D eigenvalue weighted by molar-refractivity contribution is 0.232. The summed E-state index contributed by atoms with van der Waals surface area (Å²) in [4.78, 5) is 4.45. The quantitative estimate of drug-likeness (QED) is 0.821. The van der Waals surface area contributed by atoms with Crippen molar-refractivity contribution in [3.05, 3.63) is 29.6 Å². The van der Waals surface area contributed by atoms with Gasteiger partial charge in [0.1, 0.15) is 11.5 Å². The molecule has 1 saturated carbocycles. The molecule has 21 heavy (non-hydrogen) atoms. The van der Waals surface area contributed by atoms with Gasteiger partial charge in [0.25, 0.3) is 0 Å². The Morgan fingerprint density at radius 2 is 1.71 bits per heavy atom. The number of nitrogens with one attached hydrogen (secondary N) is 1. The van der Waals surface area contributed by atoms with Crippen LogP contribution in [0.3, 0.4) is 0 Å². The maximum Gasteiger partial charge on any atom is 0.161 e. The van der Waals surface area contributed by atoms with E-state index in [9.17, 15) is 13.2 Å². The van der Waals surface area contributed by atoms with Gasteiger partial charge in [0.05, 0.1) is 0 Å². The molecule has 0 unspecified atom stereocenters. The summed E-state index contributed by atoms with van der Waals surface area (Å²) >= 11 is 1.50. The van der Waals surface area contributed by atoms with Crippen LogP contribution in [-0.2, 0) is 0 Å². The molecule has 1 heterocycles. The molecular formula is C15H17F3N2S. The summed E-state index contributed by atoms with van der Waals surface area (Å²) in [5.74, 6) is -1.87. The summed E-state index contributed by atoms with van der Waals surface area (Å²) < 4.78 is 40.1. The summed E-state index contributed by atoms with van der Waals surface area (Å²) in [6, 6.07) is 1.34. The number of hydrogen-bond donors (Lipinski definition) is 1. The van der Waals surface area contributed by atoms with Gasteiger partial charge in [-0.25, -0.2) is 13.2 Å². The Morgan fingerprint density at radius 1 is 1.05 bits per heavy atom. The number of amidine groups is 1. The molecule has 0 amide bonds. The molecule has 1 spiro atoms. The summed E-state index contributed by atoms with van der Waals surface area (Å²) in [6.45, 7) is 0.701. The number of aliphatic imine (C=N–C) groups is 1. The van der Waals surface area contributed by atoms with Crippen molar-refractivity contribution >= 4 is 22.6 Å². The van der Waals surface area contributed by atoms with Gasteiger partial charge in [-0.05, 0) is 18.3 Å². The Hall–Kier alpha value is -1.17. The van der Waals surface area contributed by atoms with Gasteiger partial charge in [0.2, 0.25) is 0 Å². The molecule has 0 bridgehead atoms. The predicted molar refractivity (Wildman–Crippen MR) is 80.2 cm³/mol. The highest BCUT2D eigenvalue weighted by Gasteiger charge is 2.35. The van der Waals surface area contributed by atoms with E-state index in [0.717, 1.165) is 5.75 Å². The Kier molecular flexibility index (Phi) is 4.15. The van der Waals surface area contributed by atoms with Crippen molar-refractivity contribution in [1.82, 2.24) is 0 Å². The van der Waals surface area contributed by atoms with Crippen molar-refractivity contribution in [2.45, 2.75) is 32.1 Å². The van der Waals surface area contributed by atoms with Crippen molar-refractivity contribution in [3.8, 4) is 0 Å². The number of nitrogens with zero attached hydrogens (tertiary/aromatic N) is 1. The molecule has 1 aliphatic carbocycles. The maximum atomic E-state index is 13.6. The monoisotopic (exact) mass is 314 g/mol. The van der Waals surface area contributed by atoms with E-state index in [2.05, 4.69) is 10.3 Å². The first-order valence-corrected chi connectivity index (χ1v) is 8.15. The van der Waals surface area contributed by atoms with Crippen LogP contribution in [0.1, 0.15) is 32.1 Å². The first-order valence-electron chi connectivity index (χ1n) is 7.17. The lowest BCUT2D eigenvalue weighted by atomic mass is 9.75. The van der Waals surface area contributed by atoms with Gasteiger partial charge < -0.3 is 5.32 Å². The van der Waals surface area contributed by atoms with Crippen LogP contribution in [0.5, 0.6) is 0 Å². The van der Waals surface area contributed by atoms with Crippen LogP contribution >= 0.6 is 11.8 Å². The molecule has 1 aromatic rings. The van der Waals surface area contributed by atoms with E-state index in [0.29, 0.717) is 23.8 Å². The smallest absolute Gasteiger partial charge is 0.161 e. The van der Waals surface area contributed by atoms with E-state index in [-0.39, 0.29) is 11.1 Å². The molecule has 2 aliphatic rings. The SMILES string of the molecule is Fc1cc(F)c(NC2=NCC3(CCCCC3)CS2)c(F)c1. The summed E-state index contributed by atoms with van der Waals surface area (Å²) in [6.07, 6.45) is 6.11. The minimum Gasteiger partial charge on any atom is -0.330 e. The van der Waals surface area contributed by atoms with Gasteiger partial charge in [-0.15, -0.1) is 0 Å². The molecule has 3 rings (SSSR count). The van der Waals surface area contributed by atoms with Crippen LogP contribution in [0.25, 0.3) is 0 Å². The van der Waals surface area contributed by atoms with Gasteiger partial charge >= 0.3 is 0 Å². The van der Waals surface area contributed by atoms with E-state index in [1.807, 2.05) is 0 Å². The molecule has 0 radical (unpaired) electrons. The van der Waals surface area contributed by atoms with Crippen LogP contribution in [0.4, 0.5) is 18.9 Å². The van der Waals surface area contributed by atoms with Crippen molar-refractivity contribution < 1.29 is 13.2 Å². The molecular weight excluding hydrogens is 297 g/mol. The highest BCUT2D eigenvalue weighted by atomic mass is 32.2. The second kappa shape index (κ2) is 5.91. The fourth-order valence-corrected chi connectivity index (χ4v) is 4.15. The largest absolute Gasteiger partial charge is 0.330 e. The normalized spacial score (nSPS) is 21.2. The Balaban J connectivity index is 1.72. The molecule has 0 saturated heterocycles. The average molecular weight is 314 g/mol. The molecule has 0 aromatic heterocycles. The third-order valence-electron chi connectivity index (χ3n) is 4.23. The van der Waals surface area contributed by atoms with E-state index < -0.39 is 17.5 Å². The van der Waals surface area contributed by atoms with E-state index in [1.54, 1.807) is 0 Å². The third kappa shape index (κ3) is 3.20. The van der Waals surface area contributed by atoms with Crippen LogP contribution in [0, 0.1) is 22.9 Å². The van der Waals surface area contributed by atoms with Crippen molar-refractivity contribution in [2.75, 3.05) is 17.6 Å². The zero-order valence-corrected chi connectivity index (χ0v) is 12.4. The number of halogens is 3. The van der Waals surface area contributed by atoms with Gasteiger partial charge in [0.15, 0.2) is 16.8 Å². The lowest BCUT2D eigenvalue weighted by Crippen LogP contribution is -2.35. The number of hydrogen-bond acceptors (Lipinski definition) is 3. The number of benzene rings is 1. The minimum atomic E-state index is -0.936. The van der Waals surface area contributed by atoms with Crippen LogP contribution in [0.2, 0.25) is 0 Å². The van der Waals surface area contributed by atoms with Gasteiger partial charge in [0, 0.05) is 24.4 Å². The highest BCUT2D eigenvalue weighted by molar-refractivity contribution is 8.14. The van der Waals surface area contributed by atoms with Crippen LogP contribution < -0.4 is 5.32 Å². The number of anilines is 1. The zero-order valence-electron chi connectivity index (χ0n) is 11.6. The summed E-state index contributed by atoms with van der Waals surface area (Å²) in [5.41, 5.74) is -0.0733. The fraction of sp³-hybridized carbons (Fsp3) is 0.533. The highest BCUT2D eigenvalue weighted by Crippen LogP contribution is 2.42. The summed E-state index contributed by atoms with van der Waals surface area (Å²) in [7, 11) is 0. The van der Waals surface area contributed by atoms with Gasteiger partial charge in [-0.3, -0.25) is 4.99 Å². The number of thioether (sulfide) groups is 1. The van der Waals surface area contributed by atoms with Gasteiger partial charge in [-0.1, -0.05) is 31.0 Å². The second-order valence-corrected chi connectivity index (χ2v) is 6.80. The second-order valence-electron chi connectivity index (χ2n) is 5.84. The maximum absolute atomic E-state index is 13.6. The standard InChI is InChI=1S/C15H17F3N2S/c16-10-6-11(17)13(12(18)7-10)20-14-19-8-15(9-21-14)4-2-1-3-5-15/h6-7H,1-5,8-9H2,(H,19,20). The minimum absolute atomic E-state index is 0.258. The molecule has 1 aromatic carbocycles. The zero-order chi connectivity index (χ0) is 14.9. The Labute approximate surface area is 126 Å². The first kappa shape index (κ1) is 14.8. The van der Waals surface area contributed by atoms with Crippen LogP contribution in [0.15, 0.2) is 17.1 Å². The molecule has 2 nitrogen and oxygen atoms in total. The molecule has 1 fully saturated rings. The topological polar surface area (TPSA) is 24.4 Å². The van der Waals surface area contributed by atoms with Crippen molar-refractivity contribution in [3.63, 3.8) is 0 Å². The molecule has 6 heteroatoms. The molecule has 1 aliphatic heterocycles. The first-order chi connectivity index (χ1) is 10.1. The average Bonchev–Trinajstić information content (AvgIpc) is 2.46.